The molecule has 1 aliphatic rings. The van der Waals surface area contributed by atoms with Gasteiger partial charge in [0.15, 0.2) is 12.7 Å². The number of nitrogens with one attached hydrogen (secondary N) is 3. The van der Waals surface area contributed by atoms with E-state index in [1.807, 2.05) is 0 Å². The molecule has 0 aliphatic carbocycles. The summed E-state index contributed by atoms with van der Waals surface area (Å²) < 4.78 is 50.5. The minimum atomic E-state index is -3.56. The third-order valence-electron chi connectivity index (χ3n) is 5.02. The highest BCUT2D eigenvalue weighted by Crippen LogP contribution is 2.37. The summed E-state index contributed by atoms with van der Waals surface area (Å²) in [7, 11) is -3.56. The molecule has 0 saturated carbocycles. The second kappa shape index (κ2) is 11.9. The Morgan fingerprint density at radius 1 is 1.22 bits per heavy atom. The first-order chi connectivity index (χ1) is 16.9. The molecule has 9 nitrogen and oxygen atoms in total. The van der Waals surface area contributed by atoms with E-state index in [0.29, 0.717) is 22.0 Å². The first-order valence-corrected chi connectivity index (χ1v) is 13.3. The molecular formula is C23H24Cl2FN3O6S. The standard InChI is InChI=1S/C23H24Cl2FN3O6S/c1-13(28-22(30)12-34-15-4-5-17(25)18(26)10-15)7-8-27-23(31)21-11-19(29-36(2,32)33)16-9-14(24)3-6-20(16)35-21/h3-6,9-10,19,21,29H,1,7-8,11-12H2,2H3,(H,27,31)(H,28,30)/t19-,21+/m0/s1. The molecule has 0 saturated heterocycles. The van der Waals surface area contributed by atoms with E-state index in [2.05, 4.69) is 21.9 Å². The molecule has 3 N–H and O–H groups in total. The summed E-state index contributed by atoms with van der Waals surface area (Å²) in [5.74, 6) is -1.14. The van der Waals surface area contributed by atoms with Crippen molar-refractivity contribution < 1.29 is 31.9 Å². The lowest BCUT2D eigenvalue weighted by Crippen LogP contribution is -2.44. The van der Waals surface area contributed by atoms with Crippen molar-refractivity contribution >= 4 is 45.0 Å². The highest BCUT2D eigenvalue weighted by molar-refractivity contribution is 7.88. The van der Waals surface area contributed by atoms with Gasteiger partial charge in [-0.3, -0.25) is 9.59 Å². The van der Waals surface area contributed by atoms with E-state index >= 15 is 0 Å². The molecule has 2 atom stereocenters. The predicted molar refractivity (Wildman–Crippen MR) is 133 cm³/mol. The van der Waals surface area contributed by atoms with Crippen molar-refractivity contribution in [3.05, 3.63) is 70.1 Å². The van der Waals surface area contributed by atoms with Crippen LogP contribution in [0.15, 0.2) is 48.7 Å². The maximum absolute atomic E-state index is 13.4. The molecule has 1 heterocycles. The minimum absolute atomic E-state index is 0.0587. The van der Waals surface area contributed by atoms with Gasteiger partial charge in [0.25, 0.3) is 11.8 Å². The van der Waals surface area contributed by atoms with E-state index in [9.17, 15) is 22.4 Å². The summed E-state index contributed by atoms with van der Waals surface area (Å²) in [6, 6.07) is 7.86. The van der Waals surface area contributed by atoms with E-state index < -0.39 is 39.8 Å². The Balaban J connectivity index is 1.47. The number of rotatable bonds is 10. The van der Waals surface area contributed by atoms with Crippen molar-refractivity contribution in [3.63, 3.8) is 0 Å². The van der Waals surface area contributed by atoms with Crippen LogP contribution in [0.2, 0.25) is 10.0 Å². The van der Waals surface area contributed by atoms with Crippen LogP contribution in [0.4, 0.5) is 4.39 Å². The SMILES string of the molecule is C=C(CCNC(=O)[C@H]1C[C@H](NS(C)(=O)=O)c2cc(Cl)ccc2O1)NC(=O)COc1ccc(Cl)c(F)c1. The van der Waals surface area contributed by atoms with Gasteiger partial charge in [-0.15, -0.1) is 0 Å². The van der Waals surface area contributed by atoms with Crippen molar-refractivity contribution in [2.45, 2.75) is 25.0 Å². The average molecular weight is 560 g/mol. The summed E-state index contributed by atoms with van der Waals surface area (Å²) in [6.07, 6.45) is 0.359. The van der Waals surface area contributed by atoms with Crippen molar-refractivity contribution in [1.82, 2.24) is 15.4 Å². The molecule has 0 bridgehead atoms. The lowest BCUT2D eigenvalue weighted by atomic mass is 9.97. The van der Waals surface area contributed by atoms with Crippen LogP contribution >= 0.6 is 23.2 Å². The zero-order chi connectivity index (χ0) is 26.5. The molecule has 1 aliphatic heterocycles. The Hall–Kier alpha value is -2.86. The number of fused-ring (bicyclic) bond motifs is 1. The van der Waals surface area contributed by atoms with Crippen LogP contribution in [0.1, 0.15) is 24.4 Å². The number of carbonyl (C=O) groups excluding carboxylic acids is 2. The fourth-order valence-corrected chi connectivity index (χ4v) is 4.47. The molecule has 3 rings (SSSR count). The average Bonchev–Trinajstić information content (AvgIpc) is 2.79. The van der Waals surface area contributed by atoms with Gasteiger partial charge in [-0.2, -0.15) is 0 Å². The fourth-order valence-electron chi connectivity index (χ4n) is 3.43. The number of ether oxygens (including phenoxy) is 2. The van der Waals surface area contributed by atoms with Crippen molar-refractivity contribution in [2.24, 2.45) is 0 Å². The first-order valence-electron chi connectivity index (χ1n) is 10.7. The molecule has 36 heavy (non-hydrogen) atoms. The molecule has 2 amide bonds. The van der Waals surface area contributed by atoms with Crippen molar-refractivity contribution in [3.8, 4) is 11.5 Å². The van der Waals surface area contributed by atoms with Crippen LogP contribution in [-0.4, -0.2) is 45.7 Å². The van der Waals surface area contributed by atoms with Gasteiger partial charge in [0, 0.05) is 41.7 Å². The topological polar surface area (TPSA) is 123 Å². The van der Waals surface area contributed by atoms with Gasteiger partial charge >= 0.3 is 0 Å². The largest absolute Gasteiger partial charge is 0.484 e. The zero-order valence-corrected chi connectivity index (χ0v) is 21.5. The Morgan fingerprint density at radius 3 is 2.67 bits per heavy atom. The zero-order valence-electron chi connectivity index (χ0n) is 19.1. The van der Waals surface area contributed by atoms with Gasteiger partial charge in [-0.05, 0) is 30.3 Å². The van der Waals surface area contributed by atoms with Gasteiger partial charge in [-0.1, -0.05) is 29.8 Å². The first kappa shape index (κ1) is 27.7. The van der Waals surface area contributed by atoms with E-state index in [0.717, 1.165) is 12.3 Å². The van der Waals surface area contributed by atoms with Gasteiger partial charge in [0.2, 0.25) is 10.0 Å². The van der Waals surface area contributed by atoms with Crippen LogP contribution in [0.3, 0.4) is 0 Å². The lowest BCUT2D eigenvalue weighted by molar-refractivity contribution is -0.129. The van der Waals surface area contributed by atoms with Gasteiger partial charge in [0.05, 0.1) is 17.3 Å². The Bertz CT molecular complexity index is 1270. The number of hydrogen-bond donors (Lipinski definition) is 3. The van der Waals surface area contributed by atoms with E-state index in [1.54, 1.807) is 18.2 Å². The smallest absolute Gasteiger partial charge is 0.262 e. The Morgan fingerprint density at radius 2 is 1.97 bits per heavy atom. The van der Waals surface area contributed by atoms with Crippen molar-refractivity contribution in [1.29, 1.82) is 0 Å². The van der Waals surface area contributed by atoms with Crippen LogP contribution in [0.5, 0.6) is 11.5 Å². The quantitative estimate of drug-likeness (QED) is 0.411. The molecule has 13 heteroatoms. The molecule has 0 aromatic heterocycles. The number of amides is 2. The van der Waals surface area contributed by atoms with E-state index in [1.165, 1.54) is 12.1 Å². The van der Waals surface area contributed by atoms with Crippen LogP contribution in [0.25, 0.3) is 0 Å². The molecule has 194 valence electrons. The Labute approximate surface area is 218 Å². The molecule has 2 aromatic carbocycles. The minimum Gasteiger partial charge on any atom is -0.484 e. The van der Waals surface area contributed by atoms with Gasteiger partial charge in [-0.25, -0.2) is 17.5 Å². The van der Waals surface area contributed by atoms with Crippen LogP contribution in [-0.2, 0) is 19.6 Å². The number of halogens is 3. The number of sulfonamides is 1. The summed E-state index contributed by atoms with van der Waals surface area (Å²) in [5.41, 5.74) is 0.865. The third kappa shape index (κ3) is 8.09. The summed E-state index contributed by atoms with van der Waals surface area (Å²) in [6.45, 7) is 3.50. The van der Waals surface area contributed by atoms with Crippen molar-refractivity contribution in [2.75, 3.05) is 19.4 Å². The van der Waals surface area contributed by atoms with Crippen LogP contribution < -0.4 is 24.8 Å². The van der Waals surface area contributed by atoms with E-state index in [4.69, 9.17) is 32.7 Å². The highest BCUT2D eigenvalue weighted by Gasteiger charge is 2.34. The maximum atomic E-state index is 13.4. The molecule has 2 aromatic rings. The second-order valence-electron chi connectivity index (χ2n) is 8.02. The molecule has 0 fully saturated rings. The molecule has 0 radical (unpaired) electrons. The molecule has 0 spiro atoms. The Kier molecular flexibility index (Phi) is 9.18. The van der Waals surface area contributed by atoms with Gasteiger partial charge in [0.1, 0.15) is 17.3 Å². The summed E-state index contributed by atoms with van der Waals surface area (Å²) in [4.78, 5) is 24.7. The second-order valence-corrected chi connectivity index (χ2v) is 10.6. The number of hydrogen-bond acceptors (Lipinski definition) is 6. The highest BCUT2D eigenvalue weighted by atomic mass is 35.5. The molecule has 0 unspecified atom stereocenters. The summed E-state index contributed by atoms with van der Waals surface area (Å²) >= 11 is 11.6. The normalized spacial score (nSPS) is 16.9. The molecular weight excluding hydrogens is 536 g/mol. The fraction of sp³-hybridized carbons (Fsp3) is 0.304. The maximum Gasteiger partial charge on any atom is 0.262 e. The lowest BCUT2D eigenvalue weighted by Gasteiger charge is -2.31. The monoisotopic (exact) mass is 559 g/mol. The van der Waals surface area contributed by atoms with Gasteiger partial charge < -0.3 is 20.1 Å². The number of carbonyl (C=O) groups is 2. The van der Waals surface area contributed by atoms with E-state index in [-0.39, 0.29) is 36.8 Å². The predicted octanol–water partition coefficient (Wildman–Crippen LogP) is 3.09. The third-order valence-corrected chi connectivity index (χ3v) is 6.27. The summed E-state index contributed by atoms with van der Waals surface area (Å²) in [5, 5.41) is 5.57. The number of benzene rings is 2. The van der Waals surface area contributed by atoms with Crippen LogP contribution in [0, 0.1) is 5.82 Å².